The van der Waals surface area contributed by atoms with Crippen molar-refractivity contribution in [2.45, 2.75) is 4.90 Å². The monoisotopic (exact) mass is 447 g/mol. The van der Waals surface area contributed by atoms with Gasteiger partial charge in [0, 0.05) is 6.07 Å². The van der Waals surface area contributed by atoms with Crippen molar-refractivity contribution >= 4 is 38.3 Å². The van der Waals surface area contributed by atoms with E-state index in [0.717, 1.165) is 3.57 Å². The molecule has 1 N–H and O–H groups in total. The Balaban J connectivity index is 1.87. The van der Waals surface area contributed by atoms with Gasteiger partial charge in [-0.2, -0.15) is 0 Å². The topological polar surface area (TPSA) is 73.9 Å². The van der Waals surface area contributed by atoms with Crippen LogP contribution in [0.15, 0.2) is 41.3 Å². The SMILES string of the molecule is COc1ccc(S(=O)(=O)Nc2ccc3c(c2)OCCO3)cc1I. The minimum absolute atomic E-state index is 0.164. The molecule has 1 heterocycles. The second-order valence-corrected chi connectivity index (χ2v) is 7.60. The molecule has 1 aliphatic rings. The van der Waals surface area contributed by atoms with Gasteiger partial charge in [0.2, 0.25) is 0 Å². The molecule has 0 fully saturated rings. The number of hydrogen-bond donors (Lipinski definition) is 1. The summed E-state index contributed by atoms with van der Waals surface area (Å²) in [6.45, 7) is 0.933. The van der Waals surface area contributed by atoms with Crippen LogP contribution in [0, 0.1) is 3.57 Å². The molecule has 0 saturated carbocycles. The van der Waals surface area contributed by atoms with Gasteiger partial charge < -0.3 is 14.2 Å². The Kier molecular flexibility index (Phi) is 4.53. The molecule has 8 heteroatoms. The van der Waals surface area contributed by atoms with Crippen LogP contribution in [0.1, 0.15) is 0 Å². The minimum atomic E-state index is -3.69. The summed E-state index contributed by atoms with van der Waals surface area (Å²) in [6.07, 6.45) is 0. The van der Waals surface area contributed by atoms with Crippen LogP contribution in [0.25, 0.3) is 0 Å². The lowest BCUT2D eigenvalue weighted by Crippen LogP contribution is -2.16. The molecule has 0 spiro atoms. The van der Waals surface area contributed by atoms with Gasteiger partial charge in [0.05, 0.1) is 21.3 Å². The number of sulfonamides is 1. The van der Waals surface area contributed by atoms with Crippen molar-refractivity contribution in [1.29, 1.82) is 0 Å². The number of benzene rings is 2. The van der Waals surface area contributed by atoms with Gasteiger partial charge in [0.15, 0.2) is 11.5 Å². The molecule has 2 aromatic carbocycles. The number of rotatable bonds is 4. The average molecular weight is 447 g/mol. The van der Waals surface area contributed by atoms with Crippen molar-refractivity contribution in [3.05, 3.63) is 40.0 Å². The van der Waals surface area contributed by atoms with E-state index in [9.17, 15) is 8.42 Å². The minimum Gasteiger partial charge on any atom is -0.496 e. The van der Waals surface area contributed by atoms with Crippen molar-refractivity contribution in [3.8, 4) is 17.2 Å². The van der Waals surface area contributed by atoms with Crippen LogP contribution < -0.4 is 18.9 Å². The van der Waals surface area contributed by atoms with Gasteiger partial charge in [-0.3, -0.25) is 4.72 Å². The maximum atomic E-state index is 12.5. The number of anilines is 1. The Labute approximate surface area is 147 Å². The molecule has 0 saturated heterocycles. The van der Waals surface area contributed by atoms with E-state index >= 15 is 0 Å². The maximum Gasteiger partial charge on any atom is 0.261 e. The molecular weight excluding hydrogens is 433 g/mol. The number of fused-ring (bicyclic) bond motifs is 1. The van der Waals surface area contributed by atoms with Crippen LogP contribution in [0.3, 0.4) is 0 Å². The van der Waals surface area contributed by atoms with Crippen LogP contribution in [0.2, 0.25) is 0 Å². The first-order valence-corrected chi connectivity index (χ1v) is 9.32. The zero-order chi connectivity index (χ0) is 16.4. The molecule has 23 heavy (non-hydrogen) atoms. The van der Waals surface area contributed by atoms with Crippen LogP contribution in [0.4, 0.5) is 5.69 Å². The second kappa shape index (κ2) is 6.44. The molecule has 0 aromatic heterocycles. The molecule has 3 rings (SSSR count). The summed E-state index contributed by atoms with van der Waals surface area (Å²) in [5.41, 5.74) is 0.417. The highest BCUT2D eigenvalue weighted by molar-refractivity contribution is 14.1. The van der Waals surface area contributed by atoms with Crippen molar-refractivity contribution in [3.63, 3.8) is 0 Å². The Bertz CT molecular complexity index is 838. The molecule has 0 radical (unpaired) electrons. The van der Waals surface area contributed by atoms with Crippen LogP contribution in [0.5, 0.6) is 17.2 Å². The molecule has 6 nitrogen and oxygen atoms in total. The van der Waals surface area contributed by atoms with E-state index < -0.39 is 10.0 Å². The fourth-order valence-corrected chi connectivity index (χ4v) is 4.16. The van der Waals surface area contributed by atoms with Gasteiger partial charge in [-0.1, -0.05) is 0 Å². The summed E-state index contributed by atoms with van der Waals surface area (Å²) >= 11 is 2.03. The number of methoxy groups -OCH3 is 1. The third-order valence-electron chi connectivity index (χ3n) is 3.23. The van der Waals surface area contributed by atoms with E-state index in [2.05, 4.69) is 4.72 Å². The molecule has 0 amide bonds. The predicted molar refractivity (Wildman–Crippen MR) is 94.0 cm³/mol. The van der Waals surface area contributed by atoms with E-state index in [1.54, 1.807) is 37.4 Å². The van der Waals surface area contributed by atoms with Crippen molar-refractivity contribution in [2.24, 2.45) is 0 Å². The highest BCUT2D eigenvalue weighted by atomic mass is 127. The summed E-state index contributed by atoms with van der Waals surface area (Å²) in [5.74, 6) is 1.77. The van der Waals surface area contributed by atoms with Crippen molar-refractivity contribution in [1.82, 2.24) is 0 Å². The van der Waals surface area contributed by atoms with Gasteiger partial charge in [-0.15, -0.1) is 0 Å². The van der Waals surface area contributed by atoms with Crippen molar-refractivity contribution < 1.29 is 22.6 Å². The summed E-state index contributed by atoms with van der Waals surface area (Å²) in [5, 5.41) is 0. The van der Waals surface area contributed by atoms with Gasteiger partial charge in [0.1, 0.15) is 19.0 Å². The van der Waals surface area contributed by atoms with Gasteiger partial charge in [-0.05, 0) is 52.9 Å². The smallest absolute Gasteiger partial charge is 0.261 e. The van der Waals surface area contributed by atoms with E-state index in [4.69, 9.17) is 14.2 Å². The molecule has 0 atom stereocenters. The zero-order valence-electron chi connectivity index (χ0n) is 12.2. The first-order valence-electron chi connectivity index (χ1n) is 6.75. The first kappa shape index (κ1) is 16.2. The Morgan fingerprint density at radius 3 is 2.52 bits per heavy atom. The number of halogens is 1. The normalized spacial score (nSPS) is 13.5. The average Bonchev–Trinajstić information content (AvgIpc) is 2.54. The third-order valence-corrected chi connectivity index (χ3v) is 5.45. The van der Waals surface area contributed by atoms with E-state index in [1.165, 1.54) is 6.07 Å². The van der Waals surface area contributed by atoms with E-state index in [1.807, 2.05) is 22.6 Å². The molecule has 1 aliphatic heterocycles. The van der Waals surface area contributed by atoms with Crippen LogP contribution in [-0.2, 0) is 10.0 Å². The summed E-state index contributed by atoms with van der Waals surface area (Å²) in [4.78, 5) is 0.164. The van der Waals surface area contributed by atoms with Crippen molar-refractivity contribution in [2.75, 3.05) is 25.0 Å². The third kappa shape index (κ3) is 3.47. The quantitative estimate of drug-likeness (QED) is 0.730. The van der Waals surface area contributed by atoms with E-state index in [0.29, 0.717) is 36.1 Å². The lowest BCUT2D eigenvalue weighted by molar-refractivity contribution is 0.171. The van der Waals surface area contributed by atoms with Crippen LogP contribution in [-0.4, -0.2) is 28.7 Å². The fraction of sp³-hybridized carbons (Fsp3) is 0.200. The number of hydrogen-bond acceptors (Lipinski definition) is 5. The molecule has 0 aliphatic carbocycles. The first-order chi connectivity index (χ1) is 11.0. The lowest BCUT2D eigenvalue weighted by atomic mass is 10.3. The highest BCUT2D eigenvalue weighted by Gasteiger charge is 2.18. The lowest BCUT2D eigenvalue weighted by Gasteiger charge is -2.19. The molecule has 0 unspecified atom stereocenters. The molecule has 0 bridgehead atoms. The Morgan fingerprint density at radius 1 is 1.09 bits per heavy atom. The van der Waals surface area contributed by atoms with Crippen LogP contribution >= 0.6 is 22.6 Å². The number of nitrogens with one attached hydrogen (secondary N) is 1. The Morgan fingerprint density at radius 2 is 1.83 bits per heavy atom. The summed E-state index contributed by atoms with van der Waals surface area (Å²) < 4.78 is 44.3. The van der Waals surface area contributed by atoms with Gasteiger partial charge in [-0.25, -0.2) is 8.42 Å². The number of ether oxygens (including phenoxy) is 3. The summed E-state index contributed by atoms with van der Waals surface area (Å²) in [6, 6.07) is 9.62. The van der Waals surface area contributed by atoms with Gasteiger partial charge in [0.25, 0.3) is 10.0 Å². The van der Waals surface area contributed by atoms with E-state index in [-0.39, 0.29) is 4.90 Å². The Hall–Kier alpha value is -1.68. The van der Waals surface area contributed by atoms with Gasteiger partial charge >= 0.3 is 0 Å². The maximum absolute atomic E-state index is 12.5. The largest absolute Gasteiger partial charge is 0.496 e. The zero-order valence-corrected chi connectivity index (χ0v) is 15.2. The summed E-state index contributed by atoms with van der Waals surface area (Å²) in [7, 11) is -2.15. The predicted octanol–water partition coefficient (Wildman–Crippen LogP) is 2.87. The second-order valence-electron chi connectivity index (χ2n) is 4.76. The highest BCUT2D eigenvalue weighted by Crippen LogP contribution is 2.33. The molecule has 122 valence electrons. The standard InChI is InChI=1S/C15H14INO5S/c1-20-13-5-3-11(9-12(13)16)23(18,19)17-10-2-4-14-15(8-10)22-7-6-21-14/h2-5,8-9,17H,6-7H2,1H3. The molecular formula is C15H14INO5S. The molecule has 2 aromatic rings. The fourth-order valence-electron chi connectivity index (χ4n) is 2.14.